The molecule has 0 radical (unpaired) electrons. The Balaban J connectivity index is 2.36. The maximum atomic E-state index is 4.68. The van der Waals surface area contributed by atoms with Crippen molar-refractivity contribution in [2.24, 2.45) is 0 Å². The molecule has 2 heterocycles. The molecule has 0 spiro atoms. The molecule has 0 N–H and O–H groups in total. The van der Waals surface area contributed by atoms with Crippen molar-refractivity contribution < 1.29 is 0 Å². The Morgan fingerprint density at radius 2 is 1.63 bits per heavy atom. The van der Waals surface area contributed by atoms with Gasteiger partial charge in [-0.1, -0.05) is 29.8 Å². The molecule has 0 unspecified atom stereocenters. The van der Waals surface area contributed by atoms with Crippen LogP contribution in [0.15, 0.2) is 30.3 Å². The predicted molar refractivity (Wildman–Crippen MR) is 84.0 cm³/mol. The van der Waals surface area contributed by atoms with E-state index in [0.29, 0.717) is 0 Å². The van der Waals surface area contributed by atoms with Crippen molar-refractivity contribution in [1.82, 2.24) is 4.98 Å². The maximum absolute atomic E-state index is 4.68. The number of pyridine rings is 1. The number of nitrogens with zero attached hydrogens (tertiary/aromatic N) is 1. The van der Waals surface area contributed by atoms with Gasteiger partial charge in [0.2, 0.25) is 0 Å². The molecule has 2 aromatic heterocycles. The van der Waals surface area contributed by atoms with Crippen molar-refractivity contribution in [1.29, 1.82) is 0 Å². The minimum atomic E-state index is 1.09. The molecule has 0 aliphatic carbocycles. The van der Waals surface area contributed by atoms with Crippen LogP contribution in [0.25, 0.3) is 21.3 Å². The minimum absolute atomic E-state index is 1.09. The van der Waals surface area contributed by atoms with E-state index >= 15 is 0 Å². The summed E-state index contributed by atoms with van der Waals surface area (Å²) in [6, 6.07) is 11.0. The molecule has 3 aromatic rings. The molecule has 1 aromatic carbocycles. The van der Waals surface area contributed by atoms with E-state index in [-0.39, 0.29) is 0 Å². The zero-order chi connectivity index (χ0) is 13.6. The fourth-order valence-electron chi connectivity index (χ4n) is 2.44. The molecular weight excluding hydrogens is 250 g/mol. The van der Waals surface area contributed by atoms with Crippen LogP contribution in [0.5, 0.6) is 0 Å². The summed E-state index contributed by atoms with van der Waals surface area (Å²) in [5.74, 6) is 0. The van der Waals surface area contributed by atoms with Crippen LogP contribution < -0.4 is 0 Å². The Kier molecular flexibility index (Phi) is 2.90. The number of benzene rings is 1. The highest BCUT2D eigenvalue weighted by Crippen LogP contribution is 2.36. The Labute approximate surface area is 117 Å². The smallest absolute Gasteiger partial charge is 0.124 e. The molecule has 0 amide bonds. The predicted octanol–water partition coefficient (Wildman–Crippen LogP) is 5.20. The number of rotatable bonds is 1. The van der Waals surface area contributed by atoms with Crippen LogP contribution in [0.4, 0.5) is 0 Å². The van der Waals surface area contributed by atoms with Crippen molar-refractivity contribution in [3.63, 3.8) is 0 Å². The highest BCUT2D eigenvalue weighted by Gasteiger charge is 2.13. The van der Waals surface area contributed by atoms with E-state index in [0.717, 1.165) is 10.5 Å². The molecule has 0 saturated heterocycles. The van der Waals surface area contributed by atoms with Gasteiger partial charge in [-0.05, 0) is 50.5 Å². The summed E-state index contributed by atoms with van der Waals surface area (Å²) in [5, 5.41) is 1.32. The molecule has 0 fully saturated rings. The number of fused-ring (bicyclic) bond motifs is 1. The average molecular weight is 267 g/mol. The second kappa shape index (κ2) is 4.46. The van der Waals surface area contributed by atoms with E-state index in [1.54, 1.807) is 11.3 Å². The summed E-state index contributed by atoms with van der Waals surface area (Å²) in [6.07, 6.45) is 0. The Morgan fingerprint density at radius 1 is 0.947 bits per heavy atom. The van der Waals surface area contributed by atoms with E-state index in [2.05, 4.69) is 63.0 Å². The summed E-state index contributed by atoms with van der Waals surface area (Å²) in [6.45, 7) is 8.57. The number of thiophene rings is 1. The molecule has 3 rings (SSSR count). The lowest BCUT2D eigenvalue weighted by Gasteiger charge is -2.07. The molecule has 19 heavy (non-hydrogen) atoms. The second-order valence-electron chi connectivity index (χ2n) is 5.14. The molecule has 2 heteroatoms. The molecule has 0 aliphatic rings. The standard InChI is InChI=1S/C17H17NS/c1-10-5-7-14(8-6-10)15-9-11(2)18-17-16(15)12(3)13(4)19-17/h5-9H,1-4H3. The first-order chi connectivity index (χ1) is 9.06. The summed E-state index contributed by atoms with van der Waals surface area (Å²) in [7, 11) is 0. The lowest BCUT2D eigenvalue weighted by Crippen LogP contribution is -1.87. The third-order valence-corrected chi connectivity index (χ3v) is 4.73. The van der Waals surface area contributed by atoms with Gasteiger partial charge in [-0.15, -0.1) is 11.3 Å². The van der Waals surface area contributed by atoms with E-state index in [1.165, 1.54) is 32.5 Å². The van der Waals surface area contributed by atoms with Gasteiger partial charge in [0, 0.05) is 16.0 Å². The highest BCUT2D eigenvalue weighted by molar-refractivity contribution is 7.18. The monoisotopic (exact) mass is 267 g/mol. The minimum Gasteiger partial charge on any atom is -0.242 e. The lowest BCUT2D eigenvalue weighted by molar-refractivity contribution is 1.27. The van der Waals surface area contributed by atoms with E-state index in [4.69, 9.17) is 0 Å². The van der Waals surface area contributed by atoms with Gasteiger partial charge in [0.15, 0.2) is 0 Å². The largest absolute Gasteiger partial charge is 0.242 e. The van der Waals surface area contributed by atoms with Crippen molar-refractivity contribution in [2.75, 3.05) is 0 Å². The van der Waals surface area contributed by atoms with Crippen LogP contribution in [0, 0.1) is 27.7 Å². The quantitative estimate of drug-likeness (QED) is 0.590. The number of aromatic nitrogens is 1. The van der Waals surface area contributed by atoms with Crippen molar-refractivity contribution in [2.45, 2.75) is 27.7 Å². The van der Waals surface area contributed by atoms with E-state index < -0.39 is 0 Å². The SMILES string of the molecule is Cc1ccc(-c2cc(C)nc3sc(C)c(C)c23)cc1. The number of hydrogen-bond acceptors (Lipinski definition) is 2. The van der Waals surface area contributed by atoms with Gasteiger partial charge in [0.25, 0.3) is 0 Å². The van der Waals surface area contributed by atoms with Crippen LogP contribution in [0.2, 0.25) is 0 Å². The molecule has 0 bridgehead atoms. The zero-order valence-corrected chi connectivity index (χ0v) is 12.6. The summed E-state index contributed by atoms with van der Waals surface area (Å²) in [4.78, 5) is 7.20. The first kappa shape index (κ1) is 12.4. The topological polar surface area (TPSA) is 12.9 Å². The van der Waals surface area contributed by atoms with Crippen molar-refractivity contribution in [3.05, 3.63) is 52.0 Å². The van der Waals surface area contributed by atoms with Gasteiger partial charge in [-0.2, -0.15) is 0 Å². The first-order valence-corrected chi connectivity index (χ1v) is 7.32. The zero-order valence-electron chi connectivity index (χ0n) is 11.7. The normalized spacial score (nSPS) is 11.2. The highest BCUT2D eigenvalue weighted by atomic mass is 32.1. The van der Waals surface area contributed by atoms with Crippen molar-refractivity contribution >= 4 is 21.6 Å². The summed E-state index contributed by atoms with van der Waals surface area (Å²) < 4.78 is 0. The number of aryl methyl sites for hydroxylation is 4. The molecule has 0 atom stereocenters. The summed E-state index contributed by atoms with van der Waals surface area (Å²) >= 11 is 1.79. The van der Waals surface area contributed by atoms with Crippen LogP contribution >= 0.6 is 11.3 Å². The molecule has 1 nitrogen and oxygen atoms in total. The fraction of sp³-hybridized carbons (Fsp3) is 0.235. The second-order valence-corrected chi connectivity index (χ2v) is 6.34. The van der Waals surface area contributed by atoms with Crippen LogP contribution in [-0.4, -0.2) is 4.98 Å². The lowest BCUT2D eigenvalue weighted by atomic mass is 9.99. The van der Waals surface area contributed by atoms with Gasteiger partial charge < -0.3 is 0 Å². The molecule has 96 valence electrons. The first-order valence-electron chi connectivity index (χ1n) is 6.50. The summed E-state index contributed by atoms with van der Waals surface area (Å²) in [5.41, 5.74) is 6.34. The fourth-order valence-corrected chi connectivity index (χ4v) is 3.54. The Morgan fingerprint density at radius 3 is 2.32 bits per heavy atom. The van der Waals surface area contributed by atoms with Crippen LogP contribution in [0.3, 0.4) is 0 Å². The molecular formula is C17H17NS. The average Bonchev–Trinajstić information content (AvgIpc) is 2.65. The third-order valence-electron chi connectivity index (χ3n) is 3.63. The van der Waals surface area contributed by atoms with Crippen LogP contribution in [-0.2, 0) is 0 Å². The van der Waals surface area contributed by atoms with Crippen LogP contribution in [0.1, 0.15) is 21.7 Å². The maximum Gasteiger partial charge on any atom is 0.124 e. The van der Waals surface area contributed by atoms with E-state index in [9.17, 15) is 0 Å². The van der Waals surface area contributed by atoms with E-state index in [1.807, 2.05) is 0 Å². The van der Waals surface area contributed by atoms with Gasteiger partial charge in [-0.25, -0.2) is 4.98 Å². The van der Waals surface area contributed by atoms with Gasteiger partial charge >= 0.3 is 0 Å². The molecule has 0 aliphatic heterocycles. The van der Waals surface area contributed by atoms with Gasteiger partial charge in [0.1, 0.15) is 4.83 Å². The van der Waals surface area contributed by atoms with Crippen molar-refractivity contribution in [3.8, 4) is 11.1 Å². The Bertz CT molecular complexity index is 751. The third kappa shape index (κ3) is 2.06. The van der Waals surface area contributed by atoms with Gasteiger partial charge in [-0.3, -0.25) is 0 Å². The van der Waals surface area contributed by atoms with Gasteiger partial charge in [0.05, 0.1) is 0 Å². The Hall–Kier alpha value is -1.67. The number of hydrogen-bond donors (Lipinski definition) is 0. The molecule has 0 saturated carbocycles.